The highest BCUT2D eigenvalue weighted by atomic mass is 79.9. The van der Waals surface area contributed by atoms with E-state index < -0.39 is 0 Å². The van der Waals surface area contributed by atoms with E-state index in [-0.39, 0.29) is 19.1 Å². The Bertz CT molecular complexity index is 387. The molecule has 17 heavy (non-hydrogen) atoms. The van der Waals surface area contributed by atoms with Gasteiger partial charge in [0.25, 0.3) is 5.91 Å². The zero-order valence-electron chi connectivity index (χ0n) is 9.08. The van der Waals surface area contributed by atoms with Gasteiger partial charge in [-0.2, -0.15) is 0 Å². The van der Waals surface area contributed by atoms with E-state index in [2.05, 4.69) is 21.2 Å². The van der Waals surface area contributed by atoms with Crippen molar-refractivity contribution < 1.29 is 14.6 Å². The molecule has 1 aromatic carbocycles. The maximum atomic E-state index is 11.7. The zero-order chi connectivity index (χ0) is 12.7. The summed E-state index contributed by atoms with van der Waals surface area (Å²) in [5.74, 6) is -0.185. The van der Waals surface area contributed by atoms with Gasteiger partial charge < -0.3 is 15.2 Å². The van der Waals surface area contributed by atoms with E-state index in [1.807, 2.05) is 0 Å². The number of halogens is 2. The van der Waals surface area contributed by atoms with E-state index in [9.17, 15) is 4.79 Å². The highest BCUT2D eigenvalue weighted by Crippen LogP contribution is 2.23. The first-order valence-corrected chi connectivity index (χ1v) is 6.24. The van der Waals surface area contributed by atoms with E-state index in [0.29, 0.717) is 28.2 Å². The molecular weight excluding hydrogens is 309 g/mol. The van der Waals surface area contributed by atoms with E-state index in [4.69, 9.17) is 21.4 Å². The number of benzene rings is 1. The Morgan fingerprint density at radius 1 is 1.47 bits per heavy atom. The SMILES string of the molecule is O=C(NCCOCCO)c1ccc(Cl)c(Br)c1. The summed E-state index contributed by atoms with van der Waals surface area (Å²) in [6, 6.07) is 4.96. The van der Waals surface area contributed by atoms with Crippen LogP contribution in [0.3, 0.4) is 0 Å². The summed E-state index contributed by atoms with van der Waals surface area (Å²) in [6.07, 6.45) is 0. The third kappa shape index (κ3) is 5.04. The predicted molar refractivity (Wildman–Crippen MR) is 69.4 cm³/mol. The number of rotatable bonds is 6. The first-order valence-electron chi connectivity index (χ1n) is 5.07. The molecule has 0 spiro atoms. The molecule has 0 fully saturated rings. The van der Waals surface area contributed by atoms with Crippen LogP contribution < -0.4 is 5.32 Å². The van der Waals surface area contributed by atoms with Crippen LogP contribution in [-0.4, -0.2) is 37.4 Å². The molecule has 94 valence electrons. The molecule has 6 heteroatoms. The lowest BCUT2D eigenvalue weighted by molar-refractivity contribution is 0.0838. The number of ether oxygens (including phenoxy) is 1. The van der Waals surface area contributed by atoms with E-state index in [1.54, 1.807) is 18.2 Å². The average molecular weight is 323 g/mol. The average Bonchev–Trinajstić information content (AvgIpc) is 2.32. The van der Waals surface area contributed by atoms with Crippen LogP contribution in [0, 0.1) is 0 Å². The van der Waals surface area contributed by atoms with Gasteiger partial charge in [-0.15, -0.1) is 0 Å². The summed E-state index contributed by atoms with van der Waals surface area (Å²) >= 11 is 9.08. The molecule has 1 aromatic rings. The second-order valence-corrected chi connectivity index (χ2v) is 4.48. The fourth-order valence-corrected chi connectivity index (χ4v) is 1.64. The summed E-state index contributed by atoms with van der Waals surface area (Å²) in [5, 5.41) is 11.7. The Labute approximate surface area is 113 Å². The summed E-state index contributed by atoms with van der Waals surface area (Å²) in [4.78, 5) is 11.7. The van der Waals surface area contributed by atoms with Crippen LogP contribution in [0.25, 0.3) is 0 Å². The Balaban J connectivity index is 2.39. The van der Waals surface area contributed by atoms with Crippen molar-refractivity contribution in [1.82, 2.24) is 5.32 Å². The summed E-state index contributed by atoms with van der Waals surface area (Å²) in [6.45, 7) is 1.04. The Morgan fingerprint density at radius 3 is 2.88 bits per heavy atom. The topological polar surface area (TPSA) is 58.6 Å². The summed E-state index contributed by atoms with van der Waals surface area (Å²) in [7, 11) is 0. The molecule has 0 saturated carbocycles. The molecule has 2 N–H and O–H groups in total. The van der Waals surface area contributed by atoms with Gasteiger partial charge >= 0.3 is 0 Å². The lowest BCUT2D eigenvalue weighted by atomic mass is 10.2. The van der Waals surface area contributed by atoms with Crippen LogP contribution in [0.2, 0.25) is 5.02 Å². The van der Waals surface area contributed by atoms with Gasteiger partial charge in [0.15, 0.2) is 0 Å². The van der Waals surface area contributed by atoms with Crippen LogP contribution in [-0.2, 0) is 4.74 Å². The van der Waals surface area contributed by atoms with Gasteiger partial charge in [-0.05, 0) is 34.1 Å². The lowest BCUT2D eigenvalue weighted by Crippen LogP contribution is -2.27. The summed E-state index contributed by atoms with van der Waals surface area (Å²) in [5.41, 5.74) is 0.531. The second kappa shape index (κ2) is 7.66. The predicted octanol–water partition coefficient (Wildman–Crippen LogP) is 1.84. The lowest BCUT2D eigenvalue weighted by Gasteiger charge is -2.06. The Morgan fingerprint density at radius 2 is 2.24 bits per heavy atom. The quantitative estimate of drug-likeness (QED) is 0.786. The van der Waals surface area contributed by atoms with Crippen molar-refractivity contribution >= 4 is 33.4 Å². The summed E-state index contributed by atoms with van der Waals surface area (Å²) < 4.78 is 5.70. The fourth-order valence-electron chi connectivity index (χ4n) is 1.14. The third-order valence-corrected chi connectivity index (χ3v) is 3.16. The molecule has 0 aliphatic rings. The van der Waals surface area contributed by atoms with E-state index >= 15 is 0 Å². The van der Waals surface area contributed by atoms with Gasteiger partial charge in [0.1, 0.15) is 0 Å². The molecule has 0 atom stereocenters. The molecule has 0 aliphatic heterocycles. The normalized spacial score (nSPS) is 10.3. The fraction of sp³-hybridized carbons (Fsp3) is 0.364. The number of aliphatic hydroxyl groups excluding tert-OH is 1. The zero-order valence-corrected chi connectivity index (χ0v) is 11.4. The minimum absolute atomic E-state index is 0.0158. The smallest absolute Gasteiger partial charge is 0.251 e. The largest absolute Gasteiger partial charge is 0.394 e. The molecule has 0 aliphatic carbocycles. The molecule has 0 saturated heterocycles. The molecule has 0 aromatic heterocycles. The standard InChI is InChI=1S/C11H13BrClNO3/c12-9-7-8(1-2-10(9)13)11(16)14-3-5-17-6-4-15/h1-2,7,15H,3-6H2,(H,14,16). The molecule has 0 bridgehead atoms. The first kappa shape index (κ1) is 14.4. The van der Waals surface area contributed by atoms with Crippen molar-refractivity contribution in [3.05, 3.63) is 33.3 Å². The van der Waals surface area contributed by atoms with Gasteiger partial charge in [-0.25, -0.2) is 0 Å². The second-order valence-electron chi connectivity index (χ2n) is 3.22. The van der Waals surface area contributed by atoms with Gasteiger partial charge in [0, 0.05) is 16.6 Å². The van der Waals surface area contributed by atoms with Crippen molar-refractivity contribution in [3.63, 3.8) is 0 Å². The first-order chi connectivity index (χ1) is 8.15. The van der Waals surface area contributed by atoms with Gasteiger partial charge in [0.2, 0.25) is 0 Å². The van der Waals surface area contributed by atoms with Crippen LogP contribution >= 0.6 is 27.5 Å². The number of nitrogens with one attached hydrogen (secondary N) is 1. The molecule has 4 nitrogen and oxygen atoms in total. The van der Waals surface area contributed by atoms with Gasteiger partial charge in [-0.3, -0.25) is 4.79 Å². The Kier molecular flexibility index (Phi) is 6.50. The van der Waals surface area contributed by atoms with Crippen LogP contribution in [0.1, 0.15) is 10.4 Å². The van der Waals surface area contributed by atoms with E-state index in [0.717, 1.165) is 0 Å². The van der Waals surface area contributed by atoms with Gasteiger partial charge in [0.05, 0.1) is 24.8 Å². The van der Waals surface area contributed by atoms with Gasteiger partial charge in [-0.1, -0.05) is 11.6 Å². The number of carbonyl (C=O) groups excluding carboxylic acids is 1. The van der Waals surface area contributed by atoms with Crippen LogP contribution in [0.5, 0.6) is 0 Å². The minimum atomic E-state index is -0.185. The monoisotopic (exact) mass is 321 g/mol. The van der Waals surface area contributed by atoms with Crippen LogP contribution in [0.4, 0.5) is 0 Å². The molecule has 0 unspecified atom stereocenters. The maximum absolute atomic E-state index is 11.7. The number of hydrogen-bond donors (Lipinski definition) is 2. The molecule has 1 rings (SSSR count). The number of amides is 1. The Hall–Kier alpha value is -0.620. The molecule has 1 amide bonds. The molecular formula is C11H13BrClNO3. The van der Waals surface area contributed by atoms with Crippen LogP contribution in [0.15, 0.2) is 22.7 Å². The minimum Gasteiger partial charge on any atom is -0.394 e. The number of carbonyl (C=O) groups is 1. The van der Waals surface area contributed by atoms with Crippen molar-refractivity contribution in [2.45, 2.75) is 0 Å². The van der Waals surface area contributed by atoms with Crippen molar-refractivity contribution in [2.75, 3.05) is 26.4 Å². The third-order valence-electron chi connectivity index (χ3n) is 1.95. The number of aliphatic hydroxyl groups is 1. The number of hydrogen-bond acceptors (Lipinski definition) is 3. The van der Waals surface area contributed by atoms with Crippen molar-refractivity contribution in [1.29, 1.82) is 0 Å². The van der Waals surface area contributed by atoms with Crippen molar-refractivity contribution in [2.24, 2.45) is 0 Å². The maximum Gasteiger partial charge on any atom is 0.251 e. The molecule has 0 heterocycles. The highest BCUT2D eigenvalue weighted by molar-refractivity contribution is 9.10. The highest BCUT2D eigenvalue weighted by Gasteiger charge is 2.06. The van der Waals surface area contributed by atoms with E-state index in [1.165, 1.54) is 0 Å². The van der Waals surface area contributed by atoms with Crippen molar-refractivity contribution in [3.8, 4) is 0 Å². The molecule has 0 radical (unpaired) electrons.